The van der Waals surface area contributed by atoms with Crippen molar-refractivity contribution in [2.75, 3.05) is 28.3 Å². The van der Waals surface area contributed by atoms with Gasteiger partial charge >= 0.3 is 11.8 Å². The van der Waals surface area contributed by atoms with E-state index in [2.05, 4.69) is 0 Å². The Bertz CT molecular complexity index is 693. The van der Waals surface area contributed by atoms with E-state index in [1.54, 1.807) is 44.6 Å². The van der Waals surface area contributed by atoms with Gasteiger partial charge in [0.25, 0.3) is 5.71 Å². The molecule has 0 saturated carbocycles. The summed E-state index contributed by atoms with van der Waals surface area (Å²) in [6, 6.07) is 7.64. The highest BCUT2D eigenvalue weighted by molar-refractivity contribution is 5.99. The number of hydrogen-bond acceptors (Lipinski definition) is 4. The molecule has 0 fully saturated rings. The SMILES string of the molecule is CO[NH2+]c1ccccc1/[N+](OC)=C1\CC=CC=C1OC(=O)N(C)C. The molecule has 1 amide bonds. The van der Waals surface area contributed by atoms with Crippen LogP contribution < -0.4 is 5.48 Å². The number of nitrogens with zero attached hydrogens (tertiary/aromatic N) is 2. The molecule has 0 radical (unpaired) electrons. The molecule has 2 N–H and O–H groups in total. The minimum Gasteiger partial charge on any atom is -0.403 e. The fourth-order valence-corrected chi connectivity index (χ4v) is 2.25. The first kappa shape index (κ1) is 17.7. The molecule has 7 heteroatoms. The number of quaternary nitrogens is 1. The van der Waals surface area contributed by atoms with Crippen molar-refractivity contribution in [2.24, 2.45) is 0 Å². The smallest absolute Gasteiger partial charge is 0.403 e. The van der Waals surface area contributed by atoms with Crippen LogP contribution in [-0.4, -0.2) is 49.8 Å². The zero-order valence-electron chi connectivity index (χ0n) is 14.4. The van der Waals surface area contributed by atoms with E-state index in [0.29, 0.717) is 12.2 Å². The lowest BCUT2D eigenvalue weighted by atomic mass is 10.1. The second-order valence-electron chi connectivity index (χ2n) is 5.26. The van der Waals surface area contributed by atoms with Gasteiger partial charge in [0, 0.05) is 31.0 Å². The van der Waals surface area contributed by atoms with Crippen molar-refractivity contribution >= 4 is 23.2 Å². The van der Waals surface area contributed by atoms with Crippen molar-refractivity contribution in [1.82, 2.24) is 4.90 Å². The fraction of sp³-hybridized carbons (Fsp3) is 0.294. The van der Waals surface area contributed by atoms with Gasteiger partial charge in [-0.15, -0.1) is 0 Å². The van der Waals surface area contributed by atoms with Crippen molar-refractivity contribution in [3.63, 3.8) is 0 Å². The lowest BCUT2D eigenvalue weighted by Crippen LogP contribution is -2.76. The van der Waals surface area contributed by atoms with E-state index >= 15 is 0 Å². The van der Waals surface area contributed by atoms with Crippen LogP contribution in [0.3, 0.4) is 0 Å². The second kappa shape index (κ2) is 8.28. The first-order valence-corrected chi connectivity index (χ1v) is 7.50. The molecule has 0 heterocycles. The van der Waals surface area contributed by atoms with Crippen LogP contribution in [0.25, 0.3) is 0 Å². The van der Waals surface area contributed by atoms with E-state index in [0.717, 1.165) is 17.1 Å². The lowest BCUT2D eigenvalue weighted by Gasteiger charge is -2.14. The van der Waals surface area contributed by atoms with Gasteiger partial charge in [0.1, 0.15) is 7.11 Å². The first-order valence-electron chi connectivity index (χ1n) is 7.50. The van der Waals surface area contributed by atoms with Gasteiger partial charge in [0.05, 0.1) is 13.5 Å². The molecule has 0 saturated heterocycles. The zero-order valence-corrected chi connectivity index (χ0v) is 14.4. The first-order chi connectivity index (χ1) is 11.6. The third kappa shape index (κ3) is 4.01. The van der Waals surface area contributed by atoms with Crippen LogP contribution in [0, 0.1) is 0 Å². The number of carbonyl (C=O) groups is 1. The Morgan fingerprint density at radius 3 is 2.67 bits per heavy atom. The van der Waals surface area contributed by atoms with Crippen molar-refractivity contribution in [2.45, 2.75) is 6.42 Å². The number of para-hydroxylation sites is 1. The average Bonchev–Trinajstić information content (AvgIpc) is 2.58. The van der Waals surface area contributed by atoms with E-state index in [-0.39, 0.29) is 0 Å². The highest BCUT2D eigenvalue weighted by atomic mass is 16.7. The molecule has 0 unspecified atom stereocenters. The Balaban J connectivity index is 2.47. The molecule has 24 heavy (non-hydrogen) atoms. The Morgan fingerprint density at radius 2 is 2.00 bits per heavy atom. The molecule has 2 rings (SSSR count). The van der Waals surface area contributed by atoms with Crippen LogP contribution in [0.5, 0.6) is 0 Å². The predicted molar refractivity (Wildman–Crippen MR) is 89.0 cm³/mol. The van der Waals surface area contributed by atoms with Crippen molar-refractivity contribution in [3.05, 3.63) is 48.3 Å². The van der Waals surface area contributed by atoms with Crippen LogP contribution in [0.15, 0.2) is 48.3 Å². The van der Waals surface area contributed by atoms with E-state index in [1.165, 1.54) is 4.90 Å². The summed E-state index contributed by atoms with van der Waals surface area (Å²) < 4.78 is 7.11. The molecule has 0 atom stereocenters. The highest BCUT2D eigenvalue weighted by Crippen LogP contribution is 2.24. The quantitative estimate of drug-likeness (QED) is 0.505. The minimum atomic E-state index is -0.443. The molecule has 0 aromatic heterocycles. The van der Waals surface area contributed by atoms with Gasteiger partial charge in [-0.1, -0.05) is 24.3 Å². The maximum absolute atomic E-state index is 11.9. The van der Waals surface area contributed by atoms with Gasteiger partial charge in [0.2, 0.25) is 11.4 Å². The number of amides is 1. The van der Waals surface area contributed by atoms with E-state index in [1.807, 2.05) is 36.4 Å². The van der Waals surface area contributed by atoms with Crippen molar-refractivity contribution in [1.29, 1.82) is 0 Å². The topological polar surface area (TPSA) is 67.6 Å². The van der Waals surface area contributed by atoms with Crippen molar-refractivity contribution in [3.8, 4) is 0 Å². The molecule has 0 aliphatic heterocycles. The molecule has 0 spiro atoms. The summed E-state index contributed by atoms with van der Waals surface area (Å²) in [6.07, 6.45) is 5.69. The predicted octanol–water partition coefficient (Wildman–Crippen LogP) is 1.63. The number of carbonyl (C=O) groups excluding carboxylic acids is 1. The molecular formula is C17H23N3O4+2. The normalized spacial score (nSPS) is 15.6. The molecule has 7 nitrogen and oxygen atoms in total. The Labute approximate surface area is 141 Å². The number of rotatable bonds is 5. The Kier molecular flexibility index (Phi) is 6.11. The van der Waals surface area contributed by atoms with Gasteiger partial charge in [-0.05, 0) is 6.08 Å². The molecule has 1 aliphatic carbocycles. The molecular weight excluding hydrogens is 310 g/mol. The number of benzene rings is 1. The van der Waals surface area contributed by atoms with Crippen LogP contribution in [0.2, 0.25) is 0 Å². The largest absolute Gasteiger partial charge is 0.414 e. The number of nitrogens with two attached hydrogens (primary N) is 1. The lowest BCUT2D eigenvalue weighted by molar-refractivity contribution is -0.835. The summed E-state index contributed by atoms with van der Waals surface area (Å²) in [5, 5.41) is 0. The summed E-state index contributed by atoms with van der Waals surface area (Å²) in [5.41, 5.74) is 4.00. The number of hydrogen-bond donors (Lipinski definition) is 1. The Hall–Kier alpha value is -2.64. The van der Waals surface area contributed by atoms with Gasteiger partial charge in [-0.2, -0.15) is 5.48 Å². The summed E-state index contributed by atoms with van der Waals surface area (Å²) in [4.78, 5) is 24.0. The molecule has 0 bridgehead atoms. The van der Waals surface area contributed by atoms with Gasteiger partial charge < -0.3 is 9.64 Å². The summed E-state index contributed by atoms with van der Waals surface area (Å²) in [5.74, 6) is 0.449. The van der Waals surface area contributed by atoms with Gasteiger partial charge in [-0.3, -0.25) is 4.84 Å². The minimum absolute atomic E-state index is 0.443. The summed E-state index contributed by atoms with van der Waals surface area (Å²) in [6.45, 7) is 0. The molecule has 1 aromatic rings. The Morgan fingerprint density at radius 1 is 1.25 bits per heavy atom. The summed E-state index contributed by atoms with van der Waals surface area (Å²) >= 11 is 0. The van der Waals surface area contributed by atoms with Crippen LogP contribution in [-0.2, 0) is 14.4 Å². The molecule has 128 valence electrons. The highest BCUT2D eigenvalue weighted by Gasteiger charge is 2.31. The van der Waals surface area contributed by atoms with E-state index < -0.39 is 6.09 Å². The van der Waals surface area contributed by atoms with Crippen LogP contribution >= 0.6 is 0 Å². The third-order valence-corrected chi connectivity index (χ3v) is 3.37. The second-order valence-corrected chi connectivity index (χ2v) is 5.26. The van der Waals surface area contributed by atoms with Crippen LogP contribution in [0.4, 0.5) is 16.2 Å². The molecule has 1 aliphatic rings. The maximum Gasteiger partial charge on any atom is 0.414 e. The van der Waals surface area contributed by atoms with E-state index in [9.17, 15) is 4.79 Å². The molecule has 1 aromatic carbocycles. The van der Waals surface area contributed by atoms with Crippen molar-refractivity contribution < 1.29 is 29.4 Å². The van der Waals surface area contributed by atoms with Gasteiger partial charge in [-0.25, -0.2) is 9.63 Å². The standard InChI is InChI=1S/C17H22N3O4/c1-19(2)17(21)24-16-12-8-7-11-15(16)20(23-4)14-10-6-5-9-13(14)18-22-3/h5-10,12,18H,11H2,1-4H3/q+1/p+1/b20-15-. The fourth-order valence-electron chi connectivity index (χ4n) is 2.25. The van der Waals surface area contributed by atoms with E-state index in [4.69, 9.17) is 14.4 Å². The number of ether oxygens (including phenoxy) is 1. The average molecular weight is 333 g/mol. The van der Waals surface area contributed by atoms with Crippen LogP contribution in [0.1, 0.15) is 6.42 Å². The van der Waals surface area contributed by atoms with Gasteiger partial charge in [0.15, 0.2) is 0 Å². The maximum atomic E-state index is 11.9. The zero-order chi connectivity index (χ0) is 17.5. The number of allylic oxidation sites excluding steroid dienone is 4. The summed E-state index contributed by atoms with van der Waals surface area (Å²) in [7, 11) is 6.44. The monoisotopic (exact) mass is 333 g/mol. The third-order valence-electron chi connectivity index (χ3n) is 3.37.